The predicted molar refractivity (Wildman–Crippen MR) is 90.0 cm³/mol. The Hall–Kier alpha value is -1.91. The van der Waals surface area contributed by atoms with Crippen LogP contribution in [-0.2, 0) is 16.0 Å². The maximum absolute atomic E-state index is 13.0. The van der Waals surface area contributed by atoms with Crippen molar-refractivity contribution in [1.82, 2.24) is 5.32 Å². The number of carboxylic acids is 1. The Balaban J connectivity index is 1.97. The minimum absolute atomic E-state index is 0.0480. The summed E-state index contributed by atoms with van der Waals surface area (Å²) >= 11 is 0. The van der Waals surface area contributed by atoms with E-state index in [4.69, 9.17) is 5.11 Å². The molecular weight excluding hydrogens is 309 g/mol. The van der Waals surface area contributed by atoms with Crippen LogP contribution < -0.4 is 5.32 Å². The number of carbonyl (C=O) groups excluding carboxylic acids is 1. The molecule has 1 fully saturated rings. The Morgan fingerprint density at radius 3 is 2.42 bits per heavy atom. The SMILES string of the molecule is CC(C)C(Cc1ccc(F)cc1)NC(=O)C1CCCC(C(=O)O)C1. The summed E-state index contributed by atoms with van der Waals surface area (Å²) in [5.74, 6) is -1.54. The van der Waals surface area contributed by atoms with Crippen LogP contribution in [0, 0.1) is 23.6 Å². The molecule has 0 heterocycles. The van der Waals surface area contributed by atoms with Gasteiger partial charge < -0.3 is 10.4 Å². The first-order chi connectivity index (χ1) is 11.4. The molecule has 1 aromatic rings. The molecule has 5 heteroatoms. The highest BCUT2D eigenvalue weighted by atomic mass is 19.1. The van der Waals surface area contributed by atoms with Gasteiger partial charge in [-0.3, -0.25) is 9.59 Å². The number of amides is 1. The average molecular weight is 335 g/mol. The van der Waals surface area contributed by atoms with Crippen molar-refractivity contribution in [3.8, 4) is 0 Å². The second-order valence-corrected chi connectivity index (χ2v) is 7.09. The number of hydrogen-bond acceptors (Lipinski definition) is 2. The summed E-state index contributed by atoms with van der Waals surface area (Å²) in [6.45, 7) is 4.07. The molecule has 1 aliphatic carbocycles. The van der Waals surface area contributed by atoms with Crippen LogP contribution in [0.3, 0.4) is 0 Å². The Morgan fingerprint density at radius 1 is 1.21 bits per heavy atom. The van der Waals surface area contributed by atoms with E-state index in [9.17, 15) is 14.0 Å². The van der Waals surface area contributed by atoms with Gasteiger partial charge in [0.05, 0.1) is 5.92 Å². The molecule has 0 aromatic heterocycles. The van der Waals surface area contributed by atoms with Crippen molar-refractivity contribution in [2.24, 2.45) is 17.8 Å². The van der Waals surface area contributed by atoms with Gasteiger partial charge in [0.2, 0.25) is 5.91 Å². The Bertz CT molecular complexity index is 570. The summed E-state index contributed by atoms with van der Waals surface area (Å²) in [5, 5.41) is 12.2. The van der Waals surface area contributed by atoms with Gasteiger partial charge in [-0.2, -0.15) is 0 Å². The fourth-order valence-corrected chi connectivity index (χ4v) is 3.28. The fourth-order valence-electron chi connectivity index (χ4n) is 3.28. The number of carbonyl (C=O) groups is 2. The zero-order valence-corrected chi connectivity index (χ0v) is 14.3. The first-order valence-corrected chi connectivity index (χ1v) is 8.64. The van der Waals surface area contributed by atoms with Gasteiger partial charge in [0.25, 0.3) is 0 Å². The van der Waals surface area contributed by atoms with E-state index in [0.29, 0.717) is 19.3 Å². The largest absolute Gasteiger partial charge is 0.481 e. The summed E-state index contributed by atoms with van der Waals surface area (Å²) in [6.07, 6.45) is 3.24. The van der Waals surface area contributed by atoms with Crippen LogP contribution in [0.1, 0.15) is 45.1 Å². The van der Waals surface area contributed by atoms with Gasteiger partial charge in [-0.25, -0.2) is 4.39 Å². The van der Waals surface area contributed by atoms with E-state index in [0.717, 1.165) is 18.4 Å². The monoisotopic (exact) mass is 335 g/mol. The number of carboxylic acid groups (broad SMARTS) is 1. The van der Waals surface area contributed by atoms with Gasteiger partial charge >= 0.3 is 5.97 Å². The molecule has 2 rings (SSSR count). The number of benzene rings is 1. The highest BCUT2D eigenvalue weighted by Gasteiger charge is 2.32. The van der Waals surface area contributed by atoms with Gasteiger partial charge in [-0.05, 0) is 49.3 Å². The van der Waals surface area contributed by atoms with E-state index in [1.165, 1.54) is 12.1 Å². The molecule has 1 amide bonds. The van der Waals surface area contributed by atoms with Crippen LogP contribution in [0.25, 0.3) is 0 Å². The lowest BCUT2D eigenvalue weighted by molar-refractivity contribution is -0.144. The Morgan fingerprint density at radius 2 is 1.83 bits per heavy atom. The molecule has 0 bridgehead atoms. The molecule has 0 spiro atoms. The number of hydrogen-bond donors (Lipinski definition) is 2. The molecule has 0 aliphatic heterocycles. The number of aliphatic carboxylic acids is 1. The van der Waals surface area contributed by atoms with E-state index >= 15 is 0 Å². The van der Waals surface area contributed by atoms with Crippen molar-refractivity contribution < 1.29 is 19.1 Å². The zero-order chi connectivity index (χ0) is 17.7. The lowest BCUT2D eigenvalue weighted by atomic mass is 9.80. The summed E-state index contributed by atoms with van der Waals surface area (Å²) in [6, 6.07) is 6.27. The molecule has 4 nitrogen and oxygen atoms in total. The second-order valence-electron chi connectivity index (χ2n) is 7.09. The van der Waals surface area contributed by atoms with Crippen LogP contribution in [-0.4, -0.2) is 23.0 Å². The van der Waals surface area contributed by atoms with E-state index < -0.39 is 11.9 Å². The first kappa shape index (κ1) is 18.4. The smallest absolute Gasteiger partial charge is 0.306 e. The van der Waals surface area contributed by atoms with Crippen molar-refractivity contribution >= 4 is 11.9 Å². The maximum Gasteiger partial charge on any atom is 0.306 e. The standard InChI is InChI=1S/C19H26FNO3/c1-12(2)17(10-13-6-8-16(20)9-7-13)21-18(22)14-4-3-5-15(11-14)19(23)24/h6-9,12,14-15,17H,3-5,10-11H2,1-2H3,(H,21,22)(H,23,24). The van der Waals surface area contributed by atoms with Gasteiger partial charge in [0.1, 0.15) is 5.82 Å². The molecule has 3 atom stereocenters. The van der Waals surface area contributed by atoms with Crippen molar-refractivity contribution in [3.63, 3.8) is 0 Å². The minimum atomic E-state index is -0.806. The van der Waals surface area contributed by atoms with Crippen molar-refractivity contribution in [2.45, 2.75) is 52.0 Å². The molecule has 1 aromatic carbocycles. The lowest BCUT2D eigenvalue weighted by Gasteiger charge is -2.29. The molecule has 132 valence electrons. The van der Waals surface area contributed by atoms with E-state index in [-0.39, 0.29) is 29.6 Å². The molecule has 1 aliphatic rings. The first-order valence-electron chi connectivity index (χ1n) is 8.64. The molecule has 2 N–H and O–H groups in total. The summed E-state index contributed by atoms with van der Waals surface area (Å²) in [7, 11) is 0. The number of rotatable bonds is 6. The third-order valence-electron chi connectivity index (χ3n) is 4.90. The van der Waals surface area contributed by atoms with E-state index in [2.05, 4.69) is 5.32 Å². The molecule has 0 saturated heterocycles. The lowest BCUT2D eigenvalue weighted by Crippen LogP contribution is -2.44. The van der Waals surface area contributed by atoms with Gasteiger partial charge in [-0.15, -0.1) is 0 Å². The minimum Gasteiger partial charge on any atom is -0.481 e. The van der Waals surface area contributed by atoms with Crippen LogP contribution in [0.4, 0.5) is 4.39 Å². The summed E-state index contributed by atoms with van der Waals surface area (Å²) < 4.78 is 13.0. The van der Waals surface area contributed by atoms with Crippen molar-refractivity contribution in [2.75, 3.05) is 0 Å². The maximum atomic E-state index is 13.0. The quantitative estimate of drug-likeness (QED) is 0.837. The van der Waals surface area contributed by atoms with Crippen molar-refractivity contribution in [3.05, 3.63) is 35.6 Å². The van der Waals surface area contributed by atoms with Crippen LogP contribution in [0.15, 0.2) is 24.3 Å². The average Bonchev–Trinajstić information content (AvgIpc) is 2.56. The number of nitrogens with one attached hydrogen (secondary N) is 1. The third kappa shape index (κ3) is 5.05. The topological polar surface area (TPSA) is 66.4 Å². The second kappa shape index (κ2) is 8.27. The Kier molecular flexibility index (Phi) is 6.35. The molecular formula is C19H26FNO3. The highest BCUT2D eigenvalue weighted by molar-refractivity contribution is 5.80. The predicted octanol–water partition coefficient (Wildman–Crippen LogP) is 3.40. The molecule has 0 radical (unpaired) electrons. The molecule has 3 unspecified atom stereocenters. The zero-order valence-electron chi connectivity index (χ0n) is 14.3. The van der Waals surface area contributed by atoms with Crippen LogP contribution in [0.5, 0.6) is 0 Å². The van der Waals surface area contributed by atoms with Gasteiger partial charge in [-0.1, -0.05) is 32.4 Å². The van der Waals surface area contributed by atoms with Crippen LogP contribution in [0.2, 0.25) is 0 Å². The normalized spacial score (nSPS) is 22.2. The fraction of sp³-hybridized carbons (Fsp3) is 0.579. The molecule has 1 saturated carbocycles. The van der Waals surface area contributed by atoms with Gasteiger partial charge in [0.15, 0.2) is 0 Å². The highest BCUT2D eigenvalue weighted by Crippen LogP contribution is 2.29. The summed E-state index contributed by atoms with van der Waals surface area (Å²) in [5.41, 5.74) is 0.974. The van der Waals surface area contributed by atoms with Gasteiger partial charge in [0, 0.05) is 12.0 Å². The van der Waals surface area contributed by atoms with E-state index in [1.807, 2.05) is 13.8 Å². The van der Waals surface area contributed by atoms with Crippen LogP contribution >= 0.6 is 0 Å². The third-order valence-corrected chi connectivity index (χ3v) is 4.90. The number of halogens is 1. The summed E-state index contributed by atoms with van der Waals surface area (Å²) in [4.78, 5) is 23.7. The van der Waals surface area contributed by atoms with Crippen molar-refractivity contribution in [1.29, 1.82) is 0 Å². The van der Waals surface area contributed by atoms with E-state index in [1.54, 1.807) is 12.1 Å². The Labute approximate surface area is 142 Å². The molecule has 24 heavy (non-hydrogen) atoms.